The van der Waals surface area contributed by atoms with Crippen molar-refractivity contribution >= 4 is 5.91 Å². The quantitative estimate of drug-likeness (QED) is 0.833. The molecule has 1 aliphatic rings. The summed E-state index contributed by atoms with van der Waals surface area (Å²) in [4.78, 5) is 11.9. The molecule has 2 rings (SSSR count). The molecule has 1 saturated carbocycles. The molecule has 0 spiro atoms. The third kappa shape index (κ3) is 3.17. The number of nitrogens with zero attached hydrogens (tertiary/aromatic N) is 1. The maximum atomic E-state index is 11.9. The highest BCUT2D eigenvalue weighted by molar-refractivity contribution is 5.94. The Balaban J connectivity index is 1.93. The largest absolute Gasteiger partial charge is 0.391 e. The van der Waals surface area contributed by atoms with E-state index in [4.69, 9.17) is 5.26 Å². The van der Waals surface area contributed by atoms with Crippen molar-refractivity contribution in [3.05, 3.63) is 35.4 Å². The van der Waals surface area contributed by atoms with Crippen LogP contribution in [0.2, 0.25) is 0 Å². The number of nitriles is 1. The van der Waals surface area contributed by atoms with E-state index in [2.05, 4.69) is 11.4 Å². The predicted molar refractivity (Wildman–Crippen MR) is 76.2 cm³/mol. The van der Waals surface area contributed by atoms with Crippen molar-refractivity contribution in [3.8, 4) is 6.07 Å². The van der Waals surface area contributed by atoms with Crippen LogP contribution in [-0.2, 0) is 5.41 Å². The average Bonchev–Trinajstić information content (AvgIpc) is 3.26. The first-order valence-electron chi connectivity index (χ1n) is 7.09. The summed E-state index contributed by atoms with van der Waals surface area (Å²) < 4.78 is 0. The van der Waals surface area contributed by atoms with Gasteiger partial charge in [-0.1, -0.05) is 25.5 Å². The van der Waals surface area contributed by atoms with Crippen LogP contribution in [0.15, 0.2) is 24.3 Å². The molecule has 1 unspecified atom stereocenters. The molecule has 2 N–H and O–H groups in total. The van der Waals surface area contributed by atoms with Crippen LogP contribution in [0.4, 0.5) is 0 Å². The van der Waals surface area contributed by atoms with E-state index in [9.17, 15) is 9.90 Å². The Morgan fingerprint density at radius 1 is 1.45 bits per heavy atom. The summed E-state index contributed by atoms with van der Waals surface area (Å²) in [6.45, 7) is 2.27. The number of aliphatic hydroxyl groups is 1. The maximum absolute atomic E-state index is 11.9. The van der Waals surface area contributed by atoms with Gasteiger partial charge in [0.1, 0.15) is 0 Å². The van der Waals surface area contributed by atoms with Crippen LogP contribution in [0, 0.1) is 11.3 Å². The summed E-state index contributed by atoms with van der Waals surface area (Å²) in [5, 5.41) is 21.4. The van der Waals surface area contributed by atoms with E-state index in [-0.39, 0.29) is 17.9 Å². The second-order valence-corrected chi connectivity index (χ2v) is 5.42. The molecule has 1 amide bonds. The highest BCUT2D eigenvalue weighted by Gasteiger charge is 2.44. The summed E-state index contributed by atoms with van der Waals surface area (Å²) in [5.41, 5.74) is 1.24. The van der Waals surface area contributed by atoms with Crippen molar-refractivity contribution < 1.29 is 9.90 Å². The van der Waals surface area contributed by atoms with E-state index in [1.165, 1.54) is 0 Å². The molecule has 0 radical (unpaired) electrons. The van der Waals surface area contributed by atoms with E-state index in [0.717, 1.165) is 24.8 Å². The third-order valence-electron chi connectivity index (χ3n) is 3.78. The number of nitrogens with one attached hydrogen (secondary N) is 1. The Kier molecular flexibility index (Phi) is 4.41. The number of aliphatic hydroxyl groups excluding tert-OH is 1. The Morgan fingerprint density at radius 3 is 2.60 bits per heavy atom. The van der Waals surface area contributed by atoms with Crippen molar-refractivity contribution in [2.24, 2.45) is 0 Å². The first kappa shape index (κ1) is 14.5. The molecule has 0 bridgehead atoms. The van der Waals surface area contributed by atoms with Crippen LogP contribution in [0.1, 0.15) is 48.5 Å². The Labute approximate surface area is 119 Å². The van der Waals surface area contributed by atoms with Crippen LogP contribution >= 0.6 is 0 Å². The molecule has 20 heavy (non-hydrogen) atoms. The van der Waals surface area contributed by atoms with Gasteiger partial charge >= 0.3 is 0 Å². The molecule has 1 aliphatic carbocycles. The van der Waals surface area contributed by atoms with Crippen LogP contribution in [0.25, 0.3) is 0 Å². The lowest BCUT2D eigenvalue weighted by molar-refractivity contribution is 0.0910. The molecule has 0 aliphatic heterocycles. The molecule has 4 nitrogen and oxygen atoms in total. The highest BCUT2D eigenvalue weighted by atomic mass is 16.3. The fourth-order valence-corrected chi connectivity index (χ4v) is 2.28. The molecule has 0 aromatic heterocycles. The van der Waals surface area contributed by atoms with Crippen LogP contribution in [0.3, 0.4) is 0 Å². The minimum Gasteiger partial charge on any atom is -0.391 e. The minimum atomic E-state index is -0.489. The maximum Gasteiger partial charge on any atom is 0.251 e. The molecule has 1 fully saturated rings. The first-order chi connectivity index (χ1) is 9.61. The summed E-state index contributed by atoms with van der Waals surface area (Å²) in [7, 11) is 0. The standard InChI is InChI=1S/C16H20N2O2/c1-2-3-14(19)10-18-15(20)12-4-6-13(7-5-12)16(11-17)8-9-16/h4-7,14,19H,2-3,8-10H2,1H3,(H,18,20). The zero-order valence-electron chi connectivity index (χ0n) is 11.7. The van der Waals surface area contributed by atoms with E-state index >= 15 is 0 Å². The summed E-state index contributed by atoms with van der Waals surface area (Å²) in [6.07, 6.45) is 2.89. The van der Waals surface area contributed by atoms with Gasteiger partial charge in [-0.2, -0.15) is 5.26 Å². The number of amides is 1. The van der Waals surface area contributed by atoms with Gasteiger partial charge in [-0.3, -0.25) is 4.79 Å². The number of carbonyl (C=O) groups is 1. The Bertz CT molecular complexity index is 512. The molecule has 0 heterocycles. The lowest BCUT2D eigenvalue weighted by Crippen LogP contribution is -2.32. The normalized spacial score (nSPS) is 17.1. The Hall–Kier alpha value is -1.86. The zero-order valence-corrected chi connectivity index (χ0v) is 11.7. The average molecular weight is 272 g/mol. The van der Waals surface area contributed by atoms with Crippen molar-refractivity contribution in [2.75, 3.05) is 6.54 Å². The molecule has 4 heteroatoms. The van der Waals surface area contributed by atoms with E-state index < -0.39 is 6.10 Å². The fraction of sp³-hybridized carbons (Fsp3) is 0.500. The van der Waals surface area contributed by atoms with Gasteiger partial charge in [-0.15, -0.1) is 0 Å². The van der Waals surface area contributed by atoms with Crippen molar-refractivity contribution in [2.45, 2.75) is 44.1 Å². The fourth-order valence-electron chi connectivity index (χ4n) is 2.28. The van der Waals surface area contributed by atoms with Gasteiger partial charge in [-0.25, -0.2) is 0 Å². The lowest BCUT2D eigenvalue weighted by atomic mass is 9.96. The van der Waals surface area contributed by atoms with Crippen molar-refractivity contribution in [1.29, 1.82) is 5.26 Å². The van der Waals surface area contributed by atoms with E-state index in [1.807, 2.05) is 19.1 Å². The van der Waals surface area contributed by atoms with Gasteiger partial charge < -0.3 is 10.4 Å². The first-order valence-corrected chi connectivity index (χ1v) is 7.09. The summed E-state index contributed by atoms with van der Waals surface area (Å²) in [5.74, 6) is -0.187. The van der Waals surface area contributed by atoms with Gasteiger partial charge in [0.15, 0.2) is 0 Å². The molecular formula is C16H20N2O2. The lowest BCUT2D eigenvalue weighted by Gasteiger charge is -2.11. The topological polar surface area (TPSA) is 73.1 Å². The smallest absolute Gasteiger partial charge is 0.251 e. The van der Waals surface area contributed by atoms with Crippen LogP contribution < -0.4 is 5.32 Å². The molecule has 1 atom stereocenters. The monoisotopic (exact) mass is 272 g/mol. The second kappa shape index (κ2) is 6.06. The minimum absolute atomic E-state index is 0.187. The third-order valence-corrected chi connectivity index (χ3v) is 3.78. The summed E-state index contributed by atoms with van der Waals surface area (Å²) >= 11 is 0. The Morgan fingerprint density at radius 2 is 2.10 bits per heavy atom. The van der Waals surface area contributed by atoms with Crippen molar-refractivity contribution in [3.63, 3.8) is 0 Å². The van der Waals surface area contributed by atoms with Gasteiger partial charge in [0, 0.05) is 12.1 Å². The van der Waals surface area contributed by atoms with Gasteiger partial charge in [0.2, 0.25) is 0 Å². The second-order valence-electron chi connectivity index (χ2n) is 5.42. The molecule has 1 aromatic rings. The van der Waals surface area contributed by atoms with Crippen LogP contribution in [0.5, 0.6) is 0 Å². The summed E-state index contributed by atoms with van der Waals surface area (Å²) in [6, 6.07) is 9.54. The van der Waals surface area contributed by atoms with Crippen molar-refractivity contribution in [1.82, 2.24) is 5.32 Å². The number of hydrogen-bond donors (Lipinski definition) is 2. The SMILES string of the molecule is CCCC(O)CNC(=O)c1ccc(C2(C#N)CC2)cc1. The number of rotatable bonds is 6. The molecule has 0 saturated heterocycles. The van der Waals surface area contributed by atoms with Crippen LogP contribution in [-0.4, -0.2) is 23.7 Å². The highest BCUT2D eigenvalue weighted by Crippen LogP contribution is 2.47. The van der Waals surface area contributed by atoms with Gasteiger partial charge in [0.05, 0.1) is 17.6 Å². The van der Waals surface area contributed by atoms with E-state index in [0.29, 0.717) is 12.0 Å². The van der Waals surface area contributed by atoms with Gasteiger partial charge in [-0.05, 0) is 37.0 Å². The molecule has 106 valence electrons. The van der Waals surface area contributed by atoms with E-state index in [1.54, 1.807) is 12.1 Å². The number of carbonyl (C=O) groups excluding carboxylic acids is 1. The predicted octanol–water partition coefficient (Wildman–Crippen LogP) is 2.13. The number of benzene rings is 1. The van der Waals surface area contributed by atoms with Gasteiger partial charge in [0.25, 0.3) is 5.91 Å². The zero-order chi connectivity index (χ0) is 14.6. The molecule has 1 aromatic carbocycles. The number of hydrogen-bond acceptors (Lipinski definition) is 3. The molecular weight excluding hydrogens is 252 g/mol.